The van der Waals surface area contributed by atoms with Crippen molar-refractivity contribution in [2.75, 3.05) is 52.5 Å². The van der Waals surface area contributed by atoms with E-state index in [2.05, 4.69) is 36.3 Å². The molecule has 0 aromatic heterocycles. The van der Waals surface area contributed by atoms with Gasteiger partial charge in [0.2, 0.25) is 5.91 Å². The van der Waals surface area contributed by atoms with E-state index in [-0.39, 0.29) is 35.5 Å². The van der Waals surface area contributed by atoms with E-state index < -0.39 is 12.1 Å². The lowest BCUT2D eigenvalue weighted by atomic mass is 9.83. The van der Waals surface area contributed by atoms with Gasteiger partial charge < -0.3 is 30.9 Å². The summed E-state index contributed by atoms with van der Waals surface area (Å²) in [5.41, 5.74) is 6.96. The molecule has 1 fully saturated rings. The van der Waals surface area contributed by atoms with Crippen LogP contribution in [-0.2, 0) is 9.53 Å². The Morgan fingerprint density at radius 2 is 1.77 bits per heavy atom. The molecular weight excluding hydrogens is 508 g/mol. The summed E-state index contributed by atoms with van der Waals surface area (Å²) in [6.45, 7) is 15.9. The SMILES string of the molecule is CCCCNC(=O)[C@H](C[C@H](O)[C@@H](N)C[C@H](CNC(=O)c1ccccc1OCCN1CCOCC1)C(C)C)C(C)C. The van der Waals surface area contributed by atoms with E-state index in [1.807, 2.05) is 32.0 Å². The lowest BCUT2D eigenvalue weighted by Crippen LogP contribution is -2.44. The quantitative estimate of drug-likeness (QED) is 0.203. The molecule has 1 aliphatic rings. The van der Waals surface area contributed by atoms with Gasteiger partial charge in [-0.15, -0.1) is 0 Å². The molecule has 1 heterocycles. The van der Waals surface area contributed by atoms with Crippen LogP contribution >= 0.6 is 0 Å². The van der Waals surface area contributed by atoms with Crippen LogP contribution in [0.2, 0.25) is 0 Å². The molecule has 1 aliphatic heterocycles. The first-order chi connectivity index (χ1) is 19.1. The lowest BCUT2D eigenvalue weighted by Gasteiger charge is -2.30. The minimum atomic E-state index is -0.804. The van der Waals surface area contributed by atoms with Gasteiger partial charge in [0, 0.05) is 44.7 Å². The maximum absolute atomic E-state index is 13.1. The smallest absolute Gasteiger partial charge is 0.255 e. The van der Waals surface area contributed by atoms with Crippen molar-refractivity contribution in [1.82, 2.24) is 15.5 Å². The van der Waals surface area contributed by atoms with Gasteiger partial charge in [0.05, 0.1) is 24.9 Å². The summed E-state index contributed by atoms with van der Waals surface area (Å²) in [5.74, 6) is 0.474. The Labute approximate surface area is 241 Å². The number of nitrogens with one attached hydrogen (secondary N) is 2. The molecule has 1 aromatic rings. The molecule has 0 radical (unpaired) electrons. The number of morpholine rings is 1. The summed E-state index contributed by atoms with van der Waals surface area (Å²) in [5, 5.41) is 17.0. The molecule has 2 amide bonds. The van der Waals surface area contributed by atoms with Crippen LogP contribution < -0.4 is 21.1 Å². The Balaban J connectivity index is 1.90. The first-order valence-corrected chi connectivity index (χ1v) is 15.1. The Morgan fingerprint density at radius 1 is 1.07 bits per heavy atom. The second-order valence-corrected chi connectivity index (χ2v) is 11.7. The van der Waals surface area contributed by atoms with Gasteiger partial charge in [-0.25, -0.2) is 0 Å². The Kier molecular flexibility index (Phi) is 15.5. The summed E-state index contributed by atoms with van der Waals surface area (Å²) in [7, 11) is 0. The average molecular weight is 563 g/mol. The van der Waals surface area contributed by atoms with E-state index >= 15 is 0 Å². The number of ether oxygens (including phenoxy) is 2. The molecule has 0 unspecified atom stereocenters. The van der Waals surface area contributed by atoms with Crippen LogP contribution in [0.15, 0.2) is 24.3 Å². The van der Waals surface area contributed by atoms with Gasteiger partial charge in [-0.1, -0.05) is 53.2 Å². The van der Waals surface area contributed by atoms with Crippen molar-refractivity contribution in [2.24, 2.45) is 29.4 Å². The topological polar surface area (TPSA) is 126 Å². The molecule has 2 rings (SSSR count). The zero-order chi connectivity index (χ0) is 29.5. The van der Waals surface area contributed by atoms with Crippen molar-refractivity contribution in [3.63, 3.8) is 0 Å². The number of aliphatic hydroxyl groups is 1. The van der Waals surface area contributed by atoms with E-state index in [1.54, 1.807) is 6.07 Å². The molecule has 40 heavy (non-hydrogen) atoms. The predicted molar refractivity (Wildman–Crippen MR) is 159 cm³/mol. The fraction of sp³-hybridized carbons (Fsp3) is 0.742. The standard InChI is InChI=1S/C31H54N4O5/c1-6-7-12-33-31(38)26(23(4)5)20-28(36)27(32)19-24(22(2)3)21-34-30(37)25-10-8-9-11-29(25)40-18-15-35-13-16-39-17-14-35/h8-11,22-24,26-28,36H,6-7,12-21,32H2,1-5H3,(H,33,38)(H,34,37)/t24-,26-,27+,28+/m1/s1. The molecule has 9 heteroatoms. The molecule has 5 N–H and O–H groups in total. The van der Waals surface area contributed by atoms with Crippen LogP contribution in [0, 0.1) is 23.7 Å². The van der Waals surface area contributed by atoms with E-state index in [9.17, 15) is 14.7 Å². The first-order valence-electron chi connectivity index (χ1n) is 15.1. The fourth-order valence-corrected chi connectivity index (χ4v) is 4.94. The lowest BCUT2D eigenvalue weighted by molar-refractivity contribution is -0.127. The number of unbranched alkanes of at least 4 members (excludes halogenated alkanes) is 1. The molecular formula is C31H54N4O5. The first kappa shape index (κ1) is 34.0. The Hall–Kier alpha value is -2.20. The van der Waals surface area contributed by atoms with E-state index in [0.717, 1.165) is 45.7 Å². The molecule has 0 saturated carbocycles. The number of carbonyl (C=O) groups is 2. The van der Waals surface area contributed by atoms with Gasteiger partial charge >= 0.3 is 0 Å². The largest absolute Gasteiger partial charge is 0.491 e. The van der Waals surface area contributed by atoms with Crippen molar-refractivity contribution in [2.45, 2.75) is 72.4 Å². The highest BCUT2D eigenvalue weighted by Crippen LogP contribution is 2.24. The summed E-state index contributed by atoms with van der Waals surface area (Å²) in [6, 6.07) is 6.80. The van der Waals surface area contributed by atoms with Crippen LogP contribution in [0.1, 0.15) is 70.7 Å². The minimum absolute atomic E-state index is 0.0202. The van der Waals surface area contributed by atoms with Gasteiger partial charge in [0.1, 0.15) is 12.4 Å². The van der Waals surface area contributed by atoms with Crippen LogP contribution in [0.3, 0.4) is 0 Å². The number of hydrogen-bond acceptors (Lipinski definition) is 7. The number of amides is 2. The van der Waals surface area contributed by atoms with Crippen molar-refractivity contribution >= 4 is 11.8 Å². The van der Waals surface area contributed by atoms with Crippen LogP contribution in [0.5, 0.6) is 5.75 Å². The molecule has 9 nitrogen and oxygen atoms in total. The third-order valence-electron chi connectivity index (χ3n) is 7.90. The monoisotopic (exact) mass is 562 g/mol. The number of nitrogens with zero attached hydrogens (tertiary/aromatic N) is 1. The average Bonchev–Trinajstić information content (AvgIpc) is 2.94. The van der Waals surface area contributed by atoms with Gasteiger partial charge in [0.25, 0.3) is 5.91 Å². The third-order valence-corrected chi connectivity index (χ3v) is 7.90. The summed E-state index contributed by atoms with van der Waals surface area (Å²) < 4.78 is 11.4. The molecule has 0 bridgehead atoms. The Bertz CT molecular complexity index is 875. The zero-order valence-electron chi connectivity index (χ0n) is 25.4. The summed E-state index contributed by atoms with van der Waals surface area (Å²) in [4.78, 5) is 28.1. The number of hydrogen-bond donors (Lipinski definition) is 4. The molecule has 1 saturated heterocycles. The van der Waals surface area contributed by atoms with E-state index in [4.69, 9.17) is 15.2 Å². The third kappa shape index (κ3) is 11.7. The van der Waals surface area contributed by atoms with Crippen LogP contribution in [-0.4, -0.2) is 86.5 Å². The highest BCUT2D eigenvalue weighted by molar-refractivity contribution is 5.96. The summed E-state index contributed by atoms with van der Waals surface area (Å²) in [6.07, 6.45) is 2.01. The van der Waals surface area contributed by atoms with Crippen molar-refractivity contribution < 1.29 is 24.2 Å². The molecule has 0 spiro atoms. The van der Waals surface area contributed by atoms with Crippen molar-refractivity contribution in [3.8, 4) is 5.75 Å². The maximum Gasteiger partial charge on any atom is 0.255 e. The maximum atomic E-state index is 13.1. The highest BCUT2D eigenvalue weighted by Gasteiger charge is 2.29. The van der Waals surface area contributed by atoms with Crippen LogP contribution in [0.25, 0.3) is 0 Å². The van der Waals surface area contributed by atoms with E-state index in [0.29, 0.717) is 43.9 Å². The number of para-hydroxylation sites is 1. The number of rotatable bonds is 18. The molecule has 228 valence electrons. The van der Waals surface area contributed by atoms with Crippen molar-refractivity contribution in [1.29, 1.82) is 0 Å². The number of carbonyl (C=O) groups excluding carboxylic acids is 2. The summed E-state index contributed by atoms with van der Waals surface area (Å²) >= 11 is 0. The van der Waals surface area contributed by atoms with E-state index in [1.165, 1.54) is 0 Å². The number of benzene rings is 1. The predicted octanol–water partition coefficient (Wildman–Crippen LogP) is 3.06. The second-order valence-electron chi connectivity index (χ2n) is 11.7. The molecule has 4 atom stereocenters. The number of nitrogens with two attached hydrogens (primary N) is 1. The zero-order valence-corrected chi connectivity index (χ0v) is 25.4. The normalized spacial score (nSPS) is 17.3. The van der Waals surface area contributed by atoms with Gasteiger partial charge in [-0.05, 0) is 49.1 Å². The van der Waals surface area contributed by atoms with Gasteiger partial charge in [-0.2, -0.15) is 0 Å². The fourth-order valence-electron chi connectivity index (χ4n) is 4.94. The van der Waals surface area contributed by atoms with Gasteiger partial charge in [0.15, 0.2) is 0 Å². The minimum Gasteiger partial charge on any atom is -0.491 e. The van der Waals surface area contributed by atoms with Crippen LogP contribution in [0.4, 0.5) is 0 Å². The Morgan fingerprint density at radius 3 is 2.42 bits per heavy atom. The highest BCUT2D eigenvalue weighted by atomic mass is 16.5. The van der Waals surface area contributed by atoms with Crippen molar-refractivity contribution in [3.05, 3.63) is 29.8 Å². The molecule has 0 aliphatic carbocycles. The second kappa shape index (κ2) is 18.3. The number of aliphatic hydroxyl groups excluding tert-OH is 1. The molecule has 1 aromatic carbocycles. The van der Waals surface area contributed by atoms with Gasteiger partial charge in [-0.3, -0.25) is 14.5 Å².